The Labute approximate surface area is 115 Å². The second-order valence-corrected chi connectivity index (χ2v) is 4.60. The van der Waals surface area contributed by atoms with Crippen molar-refractivity contribution in [3.8, 4) is 0 Å². The molecule has 0 aromatic heterocycles. The predicted octanol–water partition coefficient (Wildman–Crippen LogP) is 1.87. The Balaban J connectivity index is 2.38. The third-order valence-electron chi connectivity index (χ3n) is 3.19. The minimum Gasteiger partial charge on any atom is -0.498 e. The maximum atomic E-state index is 5.71. The molecule has 0 saturated carbocycles. The van der Waals surface area contributed by atoms with Crippen molar-refractivity contribution in [2.45, 2.75) is 26.2 Å². The standard InChI is InChI=1S/C14H25N3O2/c1-12(18-3)13(11-14(15)16-2)19-10-6-9-17-7-4-5-8-17/h11H,2,4-10,15H2,1,3H3/b13-12-,14-11-. The summed E-state index contributed by atoms with van der Waals surface area (Å²) in [6.07, 6.45) is 5.27. The van der Waals surface area contributed by atoms with Gasteiger partial charge in [0.05, 0.1) is 13.7 Å². The average molecular weight is 267 g/mol. The largest absolute Gasteiger partial charge is 0.498 e. The lowest BCUT2D eigenvalue weighted by Gasteiger charge is -2.15. The van der Waals surface area contributed by atoms with E-state index < -0.39 is 0 Å². The van der Waals surface area contributed by atoms with E-state index in [1.165, 1.54) is 25.9 Å². The number of methoxy groups -OCH3 is 1. The first-order chi connectivity index (χ1) is 9.17. The van der Waals surface area contributed by atoms with Gasteiger partial charge in [0, 0.05) is 12.6 Å². The lowest BCUT2D eigenvalue weighted by atomic mass is 10.3. The molecule has 108 valence electrons. The Morgan fingerprint density at radius 3 is 2.68 bits per heavy atom. The number of ether oxygens (including phenoxy) is 2. The maximum absolute atomic E-state index is 5.71. The van der Waals surface area contributed by atoms with Gasteiger partial charge in [-0.3, -0.25) is 0 Å². The maximum Gasteiger partial charge on any atom is 0.160 e. The highest BCUT2D eigenvalue weighted by molar-refractivity contribution is 5.30. The smallest absolute Gasteiger partial charge is 0.160 e. The van der Waals surface area contributed by atoms with Crippen LogP contribution in [0.5, 0.6) is 0 Å². The number of allylic oxidation sites excluding steroid dienone is 2. The van der Waals surface area contributed by atoms with Gasteiger partial charge in [-0.15, -0.1) is 0 Å². The van der Waals surface area contributed by atoms with Crippen molar-refractivity contribution < 1.29 is 9.47 Å². The summed E-state index contributed by atoms with van der Waals surface area (Å²) in [7, 11) is 1.61. The molecule has 1 fully saturated rings. The second kappa shape index (κ2) is 8.58. The molecule has 0 aliphatic carbocycles. The van der Waals surface area contributed by atoms with Gasteiger partial charge in [-0.1, -0.05) is 0 Å². The molecule has 0 spiro atoms. The van der Waals surface area contributed by atoms with E-state index in [2.05, 4.69) is 16.6 Å². The van der Waals surface area contributed by atoms with E-state index in [9.17, 15) is 0 Å². The van der Waals surface area contributed by atoms with E-state index in [1.54, 1.807) is 13.2 Å². The lowest BCUT2D eigenvalue weighted by molar-refractivity contribution is 0.174. The van der Waals surface area contributed by atoms with Gasteiger partial charge in [-0.2, -0.15) is 0 Å². The molecule has 0 radical (unpaired) electrons. The molecule has 0 unspecified atom stereocenters. The first-order valence-electron chi connectivity index (χ1n) is 6.71. The van der Waals surface area contributed by atoms with Crippen molar-refractivity contribution in [3.63, 3.8) is 0 Å². The Bertz CT molecular complexity index is 345. The molecule has 0 aromatic carbocycles. The molecule has 5 nitrogen and oxygen atoms in total. The topological polar surface area (TPSA) is 60.1 Å². The Morgan fingerprint density at radius 2 is 2.11 bits per heavy atom. The van der Waals surface area contributed by atoms with Gasteiger partial charge in [0.2, 0.25) is 0 Å². The molecule has 1 aliphatic heterocycles. The fourth-order valence-electron chi connectivity index (χ4n) is 2.00. The van der Waals surface area contributed by atoms with E-state index in [0.717, 1.165) is 13.0 Å². The zero-order chi connectivity index (χ0) is 14.1. The van der Waals surface area contributed by atoms with Crippen molar-refractivity contribution in [1.82, 2.24) is 4.90 Å². The molecule has 0 aromatic rings. The zero-order valence-electron chi connectivity index (χ0n) is 12.0. The number of hydrogen-bond acceptors (Lipinski definition) is 5. The number of nitrogens with two attached hydrogens (primary N) is 1. The summed E-state index contributed by atoms with van der Waals surface area (Å²) in [5.74, 6) is 1.63. The number of rotatable bonds is 8. The number of aliphatic imine (C=N–C) groups is 1. The molecule has 0 bridgehead atoms. The van der Waals surface area contributed by atoms with Crippen molar-refractivity contribution >= 4 is 6.72 Å². The monoisotopic (exact) mass is 267 g/mol. The second-order valence-electron chi connectivity index (χ2n) is 4.60. The predicted molar refractivity (Wildman–Crippen MR) is 77.8 cm³/mol. The van der Waals surface area contributed by atoms with Crippen LogP contribution in [0, 0.1) is 0 Å². The van der Waals surface area contributed by atoms with Crippen LogP contribution in [0.1, 0.15) is 26.2 Å². The molecule has 1 rings (SSSR count). The fourth-order valence-corrected chi connectivity index (χ4v) is 2.00. The summed E-state index contributed by atoms with van der Waals surface area (Å²) in [5.41, 5.74) is 5.62. The van der Waals surface area contributed by atoms with Crippen molar-refractivity contribution in [2.75, 3.05) is 33.4 Å². The molecular formula is C14H25N3O2. The zero-order valence-corrected chi connectivity index (χ0v) is 12.0. The fraction of sp³-hybridized carbons (Fsp3) is 0.643. The summed E-state index contributed by atoms with van der Waals surface area (Å²) in [6.45, 7) is 9.37. The van der Waals surface area contributed by atoms with Crippen LogP contribution < -0.4 is 5.73 Å². The van der Waals surface area contributed by atoms with E-state index in [-0.39, 0.29) is 0 Å². The van der Waals surface area contributed by atoms with Gasteiger partial charge < -0.3 is 20.1 Å². The Morgan fingerprint density at radius 1 is 1.42 bits per heavy atom. The normalized spacial score (nSPS) is 18.1. The van der Waals surface area contributed by atoms with Crippen LogP contribution in [-0.2, 0) is 9.47 Å². The molecule has 5 heteroatoms. The molecule has 1 heterocycles. The van der Waals surface area contributed by atoms with E-state index in [0.29, 0.717) is 23.9 Å². The summed E-state index contributed by atoms with van der Waals surface area (Å²) in [5, 5.41) is 0. The SMILES string of the molecule is C=N/C(N)=C\C(OCCCN1CCCC1)=C(/C)OC. The molecule has 1 aliphatic rings. The molecular weight excluding hydrogens is 242 g/mol. The number of hydrogen-bond donors (Lipinski definition) is 1. The number of nitrogens with zero attached hydrogens (tertiary/aromatic N) is 2. The molecule has 1 saturated heterocycles. The molecule has 2 N–H and O–H groups in total. The van der Waals surface area contributed by atoms with Crippen LogP contribution in [0.15, 0.2) is 28.4 Å². The lowest BCUT2D eigenvalue weighted by Crippen LogP contribution is -2.21. The summed E-state index contributed by atoms with van der Waals surface area (Å²) >= 11 is 0. The van der Waals surface area contributed by atoms with Gasteiger partial charge >= 0.3 is 0 Å². The van der Waals surface area contributed by atoms with Crippen molar-refractivity contribution in [2.24, 2.45) is 10.7 Å². The number of likely N-dealkylation sites (tertiary alicyclic amines) is 1. The van der Waals surface area contributed by atoms with Gasteiger partial charge in [-0.25, -0.2) is 4.99 Å². The van der Waals surface area contributed by atoms with Crippen LogP contribution in [0.2, 0.25) is 0 Å². The minimum atomic E-state index is 0.325. The van der Waals surface area contributed by atoms with E-state index in [1.807, 2.05) is 6.92 Å². The third-order valence-corrected chi connectivity index (χ3v) is 3.19. The van der Waals surface area contributed by atoms with E-state index in [4.69, 9.17) is 15.2 Å². The molecule has 19 heavy (non-hydrogen) atoms. The first kappa shape index (κ1) is 15.6. The highest BCUT2D eigenvalue weighted by Gasteiger charge is 2.10. The summed E-state index contributed by atoms with van der Waals surface area (Å²) in [4.78, 5) is 6.11. The quantitative estimate of drug-likeness (QED) is 0.316. The Kier molecular flexibility index (Phi) is 7.03. The van der Waals surface area contributed by atoms with Gasteiger partial charge in [0.15, 0.2) is 5.76 Å². The van der Waals surface area contributed by atoms with Crippen LogP contribution in [-0.4, -0.2) is 45.0 Å². The summed E-state index contributed by atoms with van der Waals surface area (Å²) < 4.78 is 10.9. The van der Waals surface area contributed by atoms with E-state index >= 15 is 0 Å². The van der Waals surface area contributed by atoms with Gasteiger partial charge in [0.1, 0.15) is 11.6 Å². The van der Waals surface area contributed by atoms with Crippen molar-refractivity contribution in [1.29, 1.82) is 0 Å². The van der Waals surface area contributed by atoms with Crippen LogP contribution in [0.4, 0.5) is 0 Å². The highest BCUT2D eigenvalue weighted by atomic mass is 16.5. The van der Waals surface area contributed by atoms with Crippen LogP contribution in [0.25, 0.3) is 0 Å². The average Bonchev–Trinajstić information content (AvgIpc) is 2.94. The van der Waals surface area contributed by atoms with Gasteiger partial charge in [0.25, 0.3) is 0 Å². The van der Waals surface area contributed by atoms with Gasteiger partial charge in [-0.05, 0) is 46.0 Å². The first-order valence-corrected chi connectivity index (χ1v) is 6.71. The van der Waals surface area contributed by atoms with Crippen LogP contribution in [0.3, 0.4) is 0 Å². The molecule has 0 amide bonds. The summed E-state index contributed by atoms with van der Waals surface area (Å²) in [6, 6.07) is 0. The van der Waals surface area contributed by atoms with Crippen molar-refractivity contribution in [3.05, 3.63) is 23.4 Å². The minimum absolute atomic E-state index is 0.325. The van der Waals surface area contributed by atoms with Crippen LogP contribution >= 0.6 is 0 Å². The molecule has 0 atom stereocenters. The Hall–Kier alpha value is -1.49. The third kappa shape index (κ3) is 5.79. The highest BCUT2D eigenvalue weighted by Crippen LogP contribution is 2.12.